The van der Waals surface area contributed by atoms with Crippen LogP contribution in [0.2, 0.25) is 0 Å². The van der Waals surface area contributed by atoms with Crippen molar-refractivity contribution in [3.63, 3.8) is 0 Å². The molecule has 1 saturated carbocycles. The van der Waals surface area contributed by atoms with Crippen LogP contribution in [0.25, 0.3) is 0 Å². The Balaban J connectivity index is 2.62. The predicted octanol–water partition coefficient (Wildman–Crippen LogP) is 3.32. The van der Waals surface area contributed by atoms with Crippen LogP contribution < -0.4 is 0 Å². The average molecular weight is 322 g/mol. The second-order valence-corrected chi connectivity index (χ2v) is 7.79. The molecule has 1 saturated heterocycles. The van der Waals surface area contributed by atoms with Crippen molar-refractivity contribution >= 4 is 6.34 Å². The number of aliphatic imine (C=N–C) groups is 1. The maximum absolute atomic E-state index is 11.3. The Morgan fingerprint density at radius 2 is 1.96 bits per heavy atom. The smallest absolute Gasteiger partial charge is 0.197 e. The topological polar surface area (TPSA) is 45.1 Å². The number of hydrogen-bond acceptors (Lipinski definition) is 3. The lowest BCUT2D eigenvalue weighted by molar-refractivity contribution is -0.147. The van der Waals surface area contributed by atoms with Gasteiger partial charge in [0.1, 0.15) is 5.54 Å². The molecule has 1 N–H and O–H groups in total. The van der Waals surface area contributed by atoms with Crippen molar-refractivity contribution in [3.05, 3.63) is 12.2 Å². The van der Waals surface area contributed by atoms with Gasteiger partial charge in [0, 0.05) is 19.7 Å². The van der Waals surface area contributed by atoms with Crippen LogP contribution in [0.1, 0.15) is 48.5 Å². The maximum Gasteiger partial charge on any atom is 0.197 e. The van der Waals surface area contributed by atoms with Gasteiger partial charge in [-0.25, -0.2) is 0 Å². The number of nitrogens with zero attached hydrogens (tertiary/aromatic N) is 2. The third-order valence-electron chi connectivity index (χ3n) is 6.69. The second-order valence-electron chi connectivity index (χ2n) is 7.79. The highest BCUT2D eigenvalue weighted by atomic mass is 16.6. The van der Waals surface area contributed by atoms with Crippen LogP contribution in [0.15, 0.2) is 17.1 Å². The molecule has 1 aliphatic heterocycles. The zero-order chi connectivity index (χ0) is 17.6. The Labute approximate surface area is 141 Å². The standard InChI is InChI=1S/C19H34N2O2/c1-9-11-15-14(5)16(13(3)4)21(12-20-10-2)18(7)17(15,6)19(18,22)23-8/h9,11-16,22H,10H2,1-8H3/b11-9?,20-12-/t14-,15?,16+,17?,18?,19?/m1/s1. The Hall–Kier alpha value is -0.870. The molecular weight excluding hydrogens is 288 g/mol. The number of rotatable bonds is 5. The van der Waals surface area contributed by atoms with Crippen molar-refractivity contribution in [1.82, 2.24) is 4.90 Å². The van der Waals surface area contributed by atoms with Gasteiger partial charge in [-0.2, -0.15) is 0 Å². The predicted molar refractivity (Wildman–Crippen MR) is 95.4 cm³/mol. The fourth-order valence-corrected chi connectivity index (χ4v) is 5.41. The molecule has 1 heterocycles. The Kier molecular flexibility index (Phi) is 4.73. The molecule has 0 radical (unpaired) electrons. The SMILES string of the molecule is CC=CC1[C@@H](C)[C@H](C(C)C)N(/C=N\CC)C2(C)C(O)(OC)C12C. The summed E-state index contributed by atoms with van der Waals surface area (Å²) in [5, 5.41) is 11.3. The van der Waals surface area contributed by atoms with Gasteiger partial charge in [-0.1, -0.05) is 39.8 Å². The molecule has 1 aliphatic carbocycles. The quantitative estimate of drug-likeness (QED) is 0.365. The van der Waals surface area contributed by atoms with Crippen LogP contribution >= 0.6 is 0 Å². The van der Waals surface area contributed by atoms with Crippen LogP contribution in [-0.2, 0) is 4.74 Å². The van der Waals surface area contributed by atoms with E-state index < -0.39 is 11.3 Å². The highest BCUT2D eigenvalue weighted by Gasteiger charge is 2.90. The summed E-state index contributed by atoms with van der Waals surface area (Å²) in [6.45, 7) is 15.9. The van der Waals surface area contributed by atoms with E-state index in [1.165, 1.54) is 0 Å². The first kappa shape index (κ1) is 18.5. The van der Waals surface area contributed by atoms with Crippen LogP contribution in [-0.4, -0.2) is 47.4 Å². The molecular formula is C19H34N2O2. The van der Waals surface area contributed by atoms with Crippen LogP contribution in [0.3, 0.4) is 0 Å². The number of allylic oxidation sites excluding steroid dienone is 2. The molecule has 0 amide bonds. The third kappa shape index (κ3) is 2.00. The highest BCUT2D eigenvalue weighted by molar-refractivity contribution is 5.62. The van der Waals surface area contributed by atoms with Gasteiger partial charge in [0.2, 0.25) is 0 Å². The summed E-state index contributed by atoms with van der Waals surface area (Å²) in [5.74, 6) is -0.0380. The first-order chi connectivity index (χ1) is 10.7. The van der Waals surface area contributed by atoms with E-state index in [4.69, 9.17) is 4.74 Å². The van der Waals surface area contributed by atoms with E-state index in [0.29, 0.717) is 17.9 Å². The molecule has 2 fully saturated rings. The monoisotopic (exact) mass is 322 g/mol. The van der Waals surface area contributed by atoms with Crippen molar-refractivity contribution in [2.75, 3.05) is 13.7 Å². The number of hydrogen-bond donors (Lipinski definition) is 1. The van der Waals surface area contributed by atoms with Crippen molar-refractivity contribution in [2.24, 2.45) is 28.2 Å². The van der Waals surface area contributed by atoms with Crippen molar-refractivity contribution in [1.29, 1.82) is 0 Å². The number of piperidine rings is 1. The molecule has 6 atom stereocenters. The first-order valence-electron chi connectivity index (χ1n) is 8.87. The number of aliphatic hydroxyl groups is 1. The van der Waals surface area contributed by atoms with Crippen LogP contribution in [0.5, 0.6) is 0 Å². The summed E-state index contributed by atoms with van der Waals surface area (Å²) in [4.78, 5) is 6.79. The van der Waals surface area contributed by atoms with Gasteiger partial charge in [-0.3, -0.25) is 4.99 Å². The maximum atomic E-state index is 11.3. The molecule has 2 rings (SSSR count). The number of likely N-dealkylation sites (tertiary alicyclic amines) is 1. The fourth-order valence-electron chi connectivity index (χ4n) is 5.41. The summed E-state index contributed by atoms with van der Waals surface area (Å²) in [6.07, 6.45) is 6.31. The lowest BCUT2D eigenvalue weighted by Gasteiger charge is -2.50. The third-order valence-corrected chi connectivity index (χ3v) is 6.69. The van der Waals surface area contributed by atoms with Gasteiger partial charge in [-0.05, 0) is 38.5 Å². The summed E-state index contributed by atoms with van der Waals surface area (Å²) in [5.41, 5.74) is -0.829. The molecule has 0 bridgehead atoms. The lowest BCUT2D eigenvalue weighted by Crippen LogP contribution is -2.58. The van der Waals surface area contributed by atoms with Gasteiger partial charge >= 0.3 is 0 Å². The zero-order valence-corrected chi connectivity index (χ0v) is 16.0. The van der Waals surface area contributed by atoms with Crippen molar-refractivity contribution in [2.45, 2.75) is 65.8 Å². The molecule has 0 aromatic heterocycles. The van der Waals surface area contributed by atoms with E-state index in [2.05, 4.69) is 63.6 Å². The Morgan fingerprint density at radius 1 is 1.35 bits per heavy atom. The van der Waals surface area contributed by atoms with Gasteiger partial charge in [0.15, 0.2) is 5.79 Å². The molecule has 132 valence electrons. The van der Waals surface area contributed by atoms with Crippen molar-refractivity contribution in [3.8, 4) is 0 Å². The van der Waals surface area contributed by atoms with Gasteiger partial charge in [-0.15, -0.1) is 0 Å². The summed E-state index contributed by atoms with van der Waals surface area (Å²) in [7, 11) is 1.62. The van der Waals surface area contributed by atoms with E-state index in [1.54, 1.807) is 7.11 Å². The Bertz CT molecular complexity index is 504. The summed E-state index contributed by atoms with van der Waals surface area (Å²) >= 11 is 0. The van der Waals surface area contributed by atoms with E-state index in [1.807, 2.05) is 13.3 Å². The first-order valence-corrected chi connectivity index (χ1v) is 8.87. The molecule has 0 spiro atoms. The number of fused-ring (bicyclic) bond motifs is 1. The van der Waals surface area contributed by atoms with E-state index in [0.717, 1.165) is 6.54 Å². The fraction of sp³-hybridized carbons (Fsp3) is 0.842. The van der Waals surface area contributed by atoms with E-state index in [9.17, 15) is 5.11 Å². The summed E-state index contributed by atoms with van der Waals surface area (Å²) in [6, 6.07) is 0.314. The van der Waals surface area contributed by atoms with Gasteiger partial charge < -0.3 is 14.7 Å². The van der Waals surface area contributed by atoms with Crippen LogP contribution in [0, 0.1) is 23.2 Å². The molecule has 4 heteroatoms. The number of ether oxygens (including phenoxy) is 1. The molecule has 23 heavy (non-hydrogen) atoms. The minimum absolute atomic E-state index is 0.265. The summed E-state index contributed by atoms with van der Waals surface area (Å²) < 4.78 is 5.68. The molecule has 0 aromatic rings. The minimum Gasteiger partial charge on any atom is -0.363 e. The van der Waals surface area contributed by atoms with Crippen molar-refractivity contribution < 1.29 is 9.84 Å². The minimum atomic E-state index is -1.16. The van der Waals surface area contributed by atoms with Gasteiger partial charge in [0.05, 0.1) is 11.8 Å². The van der Waals surface area contributed by atoms with Crippen LogP contribution in [0.4, 0.5) is 0 Å². The highest BCUT2D eigenvalue weighted by Crippen LogP contribution is 2.76. The number of methoxy groups -OCH3 is 1. The molecule has 4 nitrogen and oxygen atoms in total. The normalized spacial score (nSPS) is 46.9. The Morgan fingerprint density at radius 3 is 2.39 bits per heavy atom. The molecule has 4 unspecified atom stereocenters. The van der Waals surface area contributed by atoms with Gasteiger partial charge in [0.25, 0.3) is 0 Å². The molecule has 2 aliphatic rings. The zero-order valence-electron chi connectivity index (χ0n) is 16.0. The average Bonchev–Trinajstić information content (AvgIpc) is 2.91. The molecule has 0 aromatic carbocycles. The van der Waals surface area contributed by atoms with E-state index >= 15 is 0 Å². The lowest BCUT2D eigenvalue weighted by atomic mass is 9.68. The second kappa shape index (κ2) is 5.89. The van der Waals surface area contributed by atoms with E-state index in [-0.39, 0.29) is 11.3 Å². The largest absolute Gasteiger partial charge is 0.363 e.